The molecule has 2 unspecified atom stereocenters. The van der Waals surface area contributed by atoms with Crippen LogP contribution in [-0.4, -0.2) is 11.9 Å². The van der Waals surface area contributed by atoms with E-state index >= 15 is 0 Å². The molecule has 0 bridgehead atoms. The van der Waals surface area contributed by atoms with E-state index in [2.05, 4.69) is 5.32 Å². The van der Waals surface area contributed by atoms with Crippen LogP contribution < -0.4 is 11.1 Å². The van der Waals surface area contributed by atoms with Gasteiger partial charge in [0.2, 0.25) is 5.91 Å². The first kappa shape index (κ1) is 11.6. The molecule has 1 saturated carbocycles. The average Bonchev–Trinajstić information content (AvgIpc) is 2.78. The minimum Gasteiger partial charge on any atom is -0.351 e. The number of amides is 1. The van der Waals surface area contributed by atoms with Gasteiger partial charge in [-0.3, -0.25) is 4.79 Å². The molecule has 0 saturated heterocycles. The Kier molecular flexibility index (Phi) is 3.96. The summed E-state index contributed by atoms with van der Waals surface area (Å²) in [5, 5.41) is 5.02. The molecule has 1 fully saturated rings. The maximum atomic E-state index is 11.9. The van der Waals surface area contributed by atoms with Crippen LogP contribution in [0.2, 0.25) is 0 Å². The summed E-state index contributed by atoms with van der Waals surface area (Å²) in [6.07, 6.45) is 3.98. The number of hydrogen-bond acceptors (Lipinski definition) is 3. The van der Waals surface area contributed by atoms with Crippen LogP contribution >= 0.6 is 11.3 Å². The molecule has 2 atom stereocenters. The number of hydrogen-bond donors (Lipinski definition) is 2. The molecule has 0 radical (unpaired) electrons. The van der Waals surface area contributed by atoms with Crippen LogP contribution in [0.5, 0.6) is 0 Å². The Labute approximate surface area is 100 Å². The normalized spacial score (nSPS) is 25.3. The molecule has 1 aromatic rings. The van der Waals surface area contributed by atoms with Crippen LogP contribution in [0.4, 0.5) is 0 Å². The number of nitrogens with two attached hydrogens (primary N) is 1. The van der Waals surface area contributed by atoms with Crippen LogP contribution in [0.15, 0.2) is 17.5 Å². The zero-order valence-electron chi connectivity index (χ0n) is 9.32. The lowest BCUT2D eigenvalue weighted by Crippen LogP contribution is -2.37. The number of carbonyl (C=O) groups is 1. The second-order valence-corrected chi connectivity index (χ2v) is 5.45. The van der Waals surface area contributed by atoms with E-state index in [0.717, 1.165) is 25.7 Å². The second kappa shape index (κ2) is 5.46. The van der Waals surface area contributed by atoms with E-state index in [4.69, 9.17) is 5.73 Å². The zero-order chi connectivity index (χ0) is 11.4. The Morgan fingerprint density at radius 3 is 3.12 bits per heavy atom. The predicted molar refractivity (Wildman–Crippen MR) is 66.1 cm³/mol. The molecular weight excluding hydrogens is 220 g/mol. The van der Waals surface area contributed by atoms with Crippen molar-refractivity contribution in [2.24, 2.45) is 11.7 Å². The SMILES string of the molecule is NC1CCCC(C(=O)NCc2cccs2)C1. The summed E-state index contributed by atoms with van der Waals surface area (Å²) in [6, 6.07) is 4.26. The van der Waals surface area contributed by atoms with Gasteiger partial charge in [-0.2, -0.15) is 0 Å². The number of thiophene rings is 1. The monoisotopic (exact) mass is 238 g/mol. The first-order valence-electron chi connectivity index (χ1n) is 5.81. The zero-order valence-corrected chi connectivity index (χ0v) is 10.1. The van der Waals surface area contributed by atoms with Gasteiger partial charge in [-0.1, -0.05) is 12.5 Å². The minimum absolute atomic E-state index is 0.128. The van der Waals surface area contributed by atoms with Crippen LogP contribution in [-0.2, 0) is 11.3 Å². The highest BCUT2D eigenvalue weighted by Gasteiger charge is 2.24. The van der Waals surface area contributed by atoms with E-state index < -0.39 is 0 Å². The maximum Gasteiger partial charge on any atom is 0.223 e. The second-order valence-electron chi connectivity index (χ2n) is 4.42. The highest BCUT2D eigenvalue weighted by atomic mass is 32.1. The lowest BCUT2D eigenvalue weighted by Gasteiger charge is -2.25. The molecule has 1 aromatic heterocycles. The lowest BCUT2D eigenvalue weighted by atomic mass is 9.85. The Morgan fingerprint density at radius 2 is 2.44 bits per heavy atom. The third kappa shape index (κ3) is 3.06. The number of carbonyl (C=O) groups excluding carboxylic acids is 1. The van der Waals surface area contributed by atoms with Gasteiger partial charge in [-0.15, -0.1) is 11.3 Å². The molecule has 1 heterocycles. The molecule has 16 heavy (non-hydrogen) atoms. The van der Waals surface area contributed by atoms with Gasteiger partial charge in [-0.25, -0.2) is 0 Å². The summed E-state index contributed by atoms with van der Waals surface area (Å²) in [4.78, 5) is 13.1. The molecule has 1 aliphatic rings. The summed E-state index contributed by atoms with van der Waals surface area (Å²) in [5.74, 6) is 0.298. The third-order valence-corrected chi connectivity index (χ3v) is 3.98. The van der Waals surface area contributed by atoms with E-state index in [1.165, 1.54) is 4.88 Å². The molecule has 0 aromatic carbocycles. The fourth-order valence-corrected chi connectivity index (χ4v) is 2.84. The van der Waals surface area contributed by atoms with Crippen molar-refractivity contribution in [3.63, 3.8) is 0 Å². The van der Waals surface area contributed by atoms with Crippen molar-refractivity contribution in [2.45, 2.75) is 38.3 Å². The highest BCUT2D eigenvalue weighted by Crippen LogP contribution is 2.23. The van der Waals surface area contributed by atoms with Crippen molar-refractivity contribution in [3.05, 3.63) is 22.4 Å². The van der Waals surface area contributed by atoms with Gasteiger partial charge >= 0.3 is 0 Å². The molecule has 1 aliphatic carbocycles. The average molecular weight is 238 g/mol. The van der Waals surface area contributed by atoms with Crippen molar-refractivity contribution in [3.8, 4) is 0 Å². The van der Waals surface area contributed by atoms with Gasteiger partial charge in [0.25, 0.3) is 0 Å². The minimum atomic E-state index is 0.128. The first-order chi connectivity index (χ1) is 7.75. The smallest absolute Gasteiger partial charge is 0.223 e. The van der Waals surface area contributed by atoms with E-state index in [-0.39, 0.29) is 17.9 Å². The van der Waals surface area contributed by atoms with E-state index in [1.54, 1.807) is 11.3 Å². The Hall–Kier alpha value is -0.870. The molecule has 4 heteroatoms. The van der Waals surface area contributed by atoms with Crippen LogP contribution in [0.3, 0.4) is 0 Å². The quantitative estimate of drug-likeness (QED) is 0.845. The number of rotatable bonds is 3. The Balaban J connectivity index is 1.79. The predicted octanol–water partition coefficient (Wildman–Crippen LogP) is 1.88. The molecule has 3 nitrogen and oxygen atoms in total. The van der Waals surface area contributed by atoms with Gasteiger partial charge in [0.15, 0.2) is 0 Å². The van der Waals surface area contributed by atoms with Gasteiger partial charge in [0.1, 0.15) is 0 Å². The Morgan fingerprint density at radius 1 is 1.56 bits per heavy atom. The van der Waals surface area contributed by atoms with E-state index in [0.29, 0.717) is 6.54 Å². The van der Waals surface area contributed by atoms with Crippen LogP contribution in [0.25, 0.3) is 0 Å². The summed E-state index contributed by atoms with van der Waals surface area (Å²) < 4.78 is 0. The van der Waals surface area contributed by atoms with Gasteiger partial charge in [-0.05, 0) is 30.7 Å². The molecule has 0 aliphatic heterocycles. The molecule has 1 amide bonds. The highest BCUT2D eigenvalue weighted by molar-refractivity contribution is 7.09. The van der Waals surface area contributed by atoms with Crippen molar-refractivity contribution in [2.75, 3.05) is 0 Å². The first-order valence-corrected chi connectivity index (χ1v) is 6.69. The summed E-state index contributed by atoms with van der Waals surface area (Å²) >= 11 is 1.67. The molecule has 88 valence electrons. The molecule has 2 rings (SSSR count). The largest absolute Gasteiger partial charge is 0.351 e. The topological polar surface area (TPSA) is 55.1 Å². The molecule has 0 spiro atoms. The maximum absolute atomic E-state index is 11.9. The van der Waals surface area contributed by atoms with Crippen molar-refractivity contribution < 1.29 is 4.79 Å². The third-order valence-electron chi connectivity index (χ3n) is 3.10. The van der Waals surface area contributed by atoms with Crippen molar-refractivity contribution >= 4 is 17.2 Å². The van der Waals surface area contributed by atoms with Gasteiger partial charge < -0.3 is 11.1 Å². The fraction of sp³-hybridized carbons (Fsp3) is 0.583. The van der Waals surface area contributed by atoms with Crippen LogP contribution in [0, 0.1) is 5.92 Å². The lowest BCUT2D eigenvalue weighted by molar-refractivity contribution is -0.126. The number of nitrogens with one attached hydrogen (secondary N) is 1. The van der Waals surface area contributed by atoms with Crippen molar-refractivity contribution in [1.82, 2.24) is 5.32 Å². The van der Waals surface area contributed by atoms with Crippen LogP contribution in [0.1, 0.15) is 30.6 Å². The van der Waals surface area contributed by atoms with Crippen molar-refractivity contribution in [1.29, 1.82) is 0 Å². The molecular formula is C12H18N2OS. The van der Waals surface area contributed by atoms with E-state index in [9.17, 15) is 4.79 Å². The fourth-order valence-electron chi connectivity index (χ4n) is 2.20. The molecule has 3 N–H and O–H groups in total. The van der Waals surface area contributed by atoms with Gasteiger partial charge in [0, 0.05) is 16.8 Å². The summed E-state index contributed by atoms with van der Waals surface area (Å²) in [7, 11) is 0. The summed E-state index contributed by atoms with van der Waals surface area (Å²) in [5.41, 5.74) is 5.88. The Bertz CT molecular complexity index is 337. The standard InChI is InChI=1S/C12H18N2OS/c13-10-4-1-3-9(7-10)12(15)14-8-11-5-2-6-16-11/h2,5-6,9-10H,1,3-4,7-8,13H2,(H,14,15). The van der Waals surface area contributed by atoms with Gasteiger partial charge in [0.05, 0.1) is 6.54 Å². The summed E-state index contributed by atoms with van der Waals surface area (Å²) in [6.45, 7) is 0.655. The van der Waals surface area contributed by atoms with E-state index in [1.807, 2.05) is 17.5 Å².